The maximum Gasteiger partial charge on any atom is 0.246 e. The van der Waals surface area contributed by atoms with Crippen LogP contribution in [0.4, 0.5) is 43.7 Å². The number of carbonyl (C=O) groups is 1. The summed E-state index contributed by atoms with van der Waals surface area (Å²) in [7, 11) is 0. The van der Waals surface area contributed by atoms with Gasteiger partial charge in [-0.3, -0.25) is 4.79 Å². The summed E-state index contributed by atoms with van der Waals surface area (Å²) in [5.74, 6) is -0.595. The van der Waals surface area contributed by atoms with E-state index in [-0.39, 0.29) is 35.4 Å². The Balaban J connectivity index is 1.55. The van der Waals surface area contributed by atoms with Crippen molar-refractivity contribution in [2.24, 2.45) is 0 Å². The van der Waals surface area contributed by atoms with E-state index in [1.165, 1.54) is 48.5 Å². The molecule has 1 heterocycles. The fourth-order valence-corrected chi connectivity index (χ4v) is 2.91. The summed E-state index contributed by atoms with van der Waals surface area (Å²) < 4.78 is 26.5. The summed E-state index contributed by atoms with van der Waals surface area (Å²) in [6.07, 6.45) is 0. The van der Waals surface area contributed by atoms with Crippen molar-refractivity contribution in [2.75, 3.05) is 21.3 Å². The Kier molecular flexibility index (Phi) is 6.87. The van der Waals surface area contributed by atoms with E-state index in [1.807, 2.05) is 18.2 Å². The lowest BCUT2D eigenvalue weighted by Gasteiger charge is -2.16. The van der Waals surface area contributed by atoms with Gasteiger partial charge < -0.3 is 21.3 Å². The van der Waals surface area contributed by atoms with Crippen molar-refractivity contribution in [3.8, 4) is 0 Å². The number of rotatable bonds is 8. The van der Waals surface area contributed by atoms with Gasteiger partial charge in [-0.1, -0.05) is 18.2 Å². The Labute approximate surface area is 194 Å². The standard InChI is InChI=1S/C24H21F2N7O/c1-15(21(34)28-18-5-3-2-4-6-18)27-22-31-23(29-19-11-7-16(25)8-12-19)33-24(32-22)30-20-13-9-17(26)10-14-20/h2-15H,1H3,(H,28,34)(H3,27,29,30,31,32,33). The first kappa shape index (κ1) is 22.6. The zero-order valence-corrected chi connectivity index (χ0v) is 18.1. The highest BCUT2D eigenvalue weighted by Crippen LogP contribution is 2.20. The first-order valence-electron chi connectivity index (χ1n) is 10.4. The third kappa shape index (κ3) is 6.22. The number of carbonyl (C=O) groups excluding carboxylic acids is 1. The molecule has 10 heteroatoms. The maximum absolute atomic E-state index is 13.2. The highest BCUT2D eigenvalue weighted by Gasteiger charge is 2.16. The molecule has 1 amide bonds. The van der Waals surface area contributed by atoms with Gasteiger partial charge in [-0.15, -0.1) is 0 Å². The molecule has 0 aliphatic rings. The second-order valence-electron chi connectivity index (χ2n) is 7.29. The summed E-state index contributed by atoms with van der Waals surface area (Å²) in [6, 6.07) is 19.7. The van der Waals surface area contributed by atoms with Crippen LogP contribution in [0.25, 0.3) is 0 Å². The van der Waals surface area contributed by atoms with Crippen LogP contribution in [0.1, 0.15) is 6.92 Å². The molecule has 1 aromatic heterocycles. The average molecular weight is 461 g/mol. The number of hydrogen-bond donors (Lipinski definition) is 4. The minimum absolute atomic E-state index is 0.125. The van der Waals surface area contributed by atoms with Crippen molar-refractivity contribution < 1.29 is 13.6 Å². The Hall–Kier alpha value is -4.60. The molecule has 0 fully saturated rings. The quantitative estimate of drug-likeness (QED) is 0.290. The number of hydrogen-bond acceptors (Lipinski definition) is 7. The molecule has 34 heavy (non-hydrogen) atoms. The van der Waals surface area contributed by atoms with E-state index in [0.717, 1.165) is 0 Å². The molecule has 0 saturated carbocycles. The van der Waals surface area contributed by atoms with Crippen LogP contribution in [0.3, 0.4) is 0 Å². The van der Waals surface area contributed by atoms with Crippen LogP contribution >= 0.6 is 0 Å². The smallest absolute Gasteiger partial charge is 0.246 e. The minimum Gasteiger partial charge on any atom is -0.342 e. The van der Waals surface area contributed by atoms with Gasteiger partial charge in [0.2, 0.25) is 23.8 Å². The lowest BCUT2D eigenvalue weighted by molar-refractivity contribution is -0.116. The van der Waals surface area contributed by atoms with Gasteiger partial charge in [0.1, 0.15) is 17.7 Å². The molecule has 0 saturated heterocycles. The number of para-hydroxylation sites is 1. The lowest BCUT2D eigenvalue weighted by atomic mass is 10.2. The van der Waals surface area contributed by atoms with Gasteiger partial charge >= 0.3 is 0 Å². The molecule has 0 aliphatic heterocycles. The van der Waals surface area contributed by atoms with Gasteiger partial charge in [-0.2, -0.15) is 15.0 Å². The van der Waals surface area contributed by atoms with Gasteiger partial charge in [-0.05, 0) is 67.6 Å². The van der Waals surface area contributed by atoms with E-state index < -0.39 is 6.04 Å². The molecular weight excluding hydrogens is 440 g/mol. The van der Waals surface area contributed by atoms with E-state index >= 15 is 0 Å². The Morgan fingerprint density at radius 2 is 1.15 bits per heavy atom. The zero-order valence-electron chi connectivity index (χ0n) is 18.1. The zero-order chi connectivity index (χ0) is 23.9. The van der Waals surface area contributed by atoms with E-state index in [0.29, 0.717) is 17.1 Å². The normalized spacial score (nSPS) is 11.4. The molecule has 1 atom stereocenters. The van der Waals surface area contributed by atoms with Crippen molar-refractivity contribution in [3.05, 3.63) is 90.5 Å². The Morgan fingerprint density at radius 3 is 1.65 bits per heavy atom. The molecular formula is C24H21F2N7O. The van der Waals surface area contributed by atoms with Gasteiger partial charge in [0.25, 0.3) is 0 Å². The van der Waals surface area contributed by atoms with E-state index in [1.54, 1.807) is 19.1 Å². The van der Waals surface area contributed by atoms with Crippen LogP contribution in [0, 0.1) is 11.6 Å². The third-order valence-corrected chi connectivity index (χ3v) is 4.62. The van der Waals surface area contributed by atoms with E-state index in [4.69, 9.17) is 0 Å². The highest BCUT2D eigenvalue weighted by molar-refractivity contribution is 5.96. The monoisotopic (exact) mass is 461 g/mol. The molecule has 3 aromatic carbocycles. The second-order valence-corrected chi connectivity index (χ2v) is 7.29. The first-order chi connectivity index (χ1) is 16.4. The molecule has 4 aromatic rings. The summed E-state index contributed by atoms with van der Waals surface area (Å²) in [5, 5.41) is 11.7. The SMILES string of the molecule is CC(Nc1nc(Nc2ccc(F)cc2)nc(Nc2ccc(F)cc2)n1)C(=O)Nc1ccccc1. The number of aromatic nitrogens is 3. The van der Waals surface area contributed by atoms with Crippen LogP contribution in [0.2, 0.25) is 0 Å². The average Bonchev–Trinajstić information content (AvgIpc) is 2.82. The number of nitrogens with one attached hydrogen (secondary N) is 4. The highest BCUT2D eigenvalue weighted by atomic mass is 19.1. The van der Waals surface area contributed by atoms with Crippen LogP contribution in [0.15, 0.2) is 78.9 Å². The van der Waals surface area contributed by atoms with Gasteiger partial charge in [0.15, 0.2) is 0 Å². The van der Waals surface area contributed by atoms with Crippen molar-refractivity contribution >= 4 is 40.8 Å². The summed E-state index contributed by atoms with van der Waals surface area (Å²) in [6.45, 7) is 1.67. The molecule has 4 N–H and O–H groups in total. The molecule has 0 aliphatic carbocycles. The number of amides is 1. The molecule has 172 valence electrons. The largest absolute Gasteiger partial charge is 0.342 e. The summed E-state index contributed by atoms with van der Waals surface area (Å²) in [5.41, 5.74) is 1.77. The predicted molar refractivity (Wildman–Crippen MR) is 127 cm³/mol. The van der Waals surface area contributed by atoms with Gasteiger partial charge in [-0.25, -0.2) is 8.78 Å². The third-order valence-electron chi connectivity index (χ3n) is 4.62. The van der Waals surface area contributed by atoms with Crippen LogP contribution < -0.4 is 21.3 Å². The number of halogens is 2. The number of anilines is 6. The van der Waals surface area contributed by atoms with Gasteiger partial charge in [0.05, 0.1) is 0 Å². The minimum atomic E-state index is -0.681. The molecule has 1 unspecified atom stereocenters. The Bertz CT molecular complexity index is 1190. The fraction of sp³-hybridized carbons (Fsp3) is 0.0833. The topological polar surface area (TPSA) is 104 Å². The summed E-state index contributed by atoms with van der Waals surface area (Å²) >= 11 is 0. The summed E-state index contributed by atoms with van der Waals surface area (Å²) in [4.78, 5) is 25.5. The van der Waals surface area contributed by atoms with Crippen LogP contribution in [-0.2, 0) is 4.79 Å². The number of benzene rings is 3. The van der Waals surface area contributed by atoms with Crippen molar-refractivity contribution in [1.29, 1.82) is 0 Å². The molecule has 0 radical (unpaired) electrons. The second kappa shape index (κ2) is 10.3. The Morgan fingerprint density at radius 1 is 0.676 bits per heavy atom. The van der Waals surface area contributed by atoms with Crippen molar-refractivity contribution in [3.63, 3.8) is 0 Å². The maximum atomic E-state index is 13.2. The molecule has 8 nitrogen and oxygen atoms in total. The lowest BCUT2D eigenvalue weighted by Crippen LogP contribution is -2.32. The van der Waals surface area contributed by atoms with Crippen LogP contribution in [0.5, 0.6) is 0 Å². The van der Waals surface area contributed by atoms with Crippen LogP contribution in [-0.4, -0.2) is 26.9 Å². The number of nitrogens with zero attached hydrogens (tertiary/aromatic N) is 3. The molecule has 4 rings (SSSR count). The van der Waals surface area contributed by atoms with Crippen molar-refractivity contribution in [2.45, 2.75) is 13.0 Å². The predicted octanol–water partition coefficient (Wildman–Crippen LogP) is 5.08. The van der Waals surface area contributed by atoms with Crippen molar-refractivity contribution in [1.82, 2.24) is 15.0 Å². The fourth-order valence-electron chi connectivity index (χ4n) is 2.91. The van der Waals surface area contributed by atoms with E-state index in [9.17, 15) is 13.6 Å². The molecule has 0 bridgehead atoms. The first-order valence-corrected chi connectivity index (χ1v) is 10.4. The molecule has 0 spiro atoms. The van der Waals surface area contributed by atoms with Gasteiger partial charge in [0, 0.05) is 17.1 Å². The van der Waals surface area contributed by atoms with E-state index in [2.05, 4.69) is 36.2 Å².